The van der Waals surface area contributed by atoms with Gasteiger partial charge in [0.15, 0.2) is 11.0 Å². The summed E-state index contributed by atoms with van der Waals surface area (Å²) in [5.41, 5.74) is 3.61. The number of nitrogens with zero attached hydrogens (tertiary/aromatic N) is 4. The van der Waals surface area contributed by atoms with E-state index in [4.69, 9.17) is 0 Å². The van der Waals surface area contributed by atoms with E-state index in [1.54, 1.807) is 36.0 Å². The lowest BCUT2D eigenvalue weighted by atomic mass is 10.2. The van der Waals surface area contributed by atoms with Gasteiger partial charge in [-0.1, -0.05) is 97.5 Å². The maximum atomic E-state index is 13.9. The summed E-state index contributed by atoms with van der Waals surface area (Å²) in [6, 6.07) is 36.2. The highest BCUT2D eigenvalue weighted by atomic mass is 32.2. The van der Waals surface area contributed by atoms with Crippen LogP contribution in [-0.4, -0.2) is 33.2 Å². The summed E-state index contributed by atoms with van der Waals surface area (Å²) in [6.07, 6.45) is 0. The minimum absolute atomic E-state index is 0.238. The summed E-state index contributed by atoms with van der Waals surface area (Å²) in [6.45, 7) is 2.63. The van der Waals surface area contributed by atoms with Crippen LogP contribution in [0.4, 0.5) is 0 Å². The van der Waals surface area contributed by atoms with Crippen molar-refractivity contribution in [1.29, 1.82) is 0 Å². The van der Waals surface area contributed by atoms with Gasteiger partial charge in [-0.05, 0) is 53.3 Å². The second-order valence-electron chi connectivity index (χ2n) is 8.68. The van der Waals surface area contributed by atoms with Gasteiger partial charge in [-0.25, -0.2) is 8.42 Å². The number of benzene rings is 4. The topological polar surface area (TPSA) is 68.1 Å². The number of aromatic nitrogens is 3. The molecule has 38 heavy (non-hydrogen) atoms. The van der Waals surface area contributed by atoms with E-state index in [0.717, 1.165) is 33.3 Å². The van der Waals surface area contributed by atoms with Gasteiger partial charge in [0, 0.05) is 24.3 Å². The highest BCUT2D eigenvalue weighted by Crippen LogP contribution is 2.29. The first-order valence-electron chi connectivity index (χ1n) is 12.4. The zero-order valence-corrected chi connectivity index (χ0v) is 22.6. The monoisotopic (exact) mass is 540 g/mol. The number of sulfonamides is 1. The Bertz CT molecular complexity index is 1530. The summed E-state index contributed by atoms with van der Waals surface area (Å²) in [7, 11) is -3.78. The largest absolute Gasteiger partial charge is 0.270 e. The molecule has 0 fully saturated rings. The number of hydrogen-bond donors (Lipinski definition) is 0. The second-order valence-corrected chi connectivity index (χ2v) is 11.8. The van der Waals surface area contributed by atoms with Crippen molar-refractivity contribution in [1.82, 2.24) is 19.1 Å². The molecule has 0 saturated heterocycles. The maximum Gasteiger partial charge on any atom is 0.243 e. The van der Waals surface area contributed by atoms with E-state index in [1.165, 1.54) is 4.31 Å². The fourth-order valence-electron chi connectivity index (χ4n) is 4.21. The predicted molar refractivity (Wildman–Crippen MR) is 153 cm³/mol. The Morgan fingerprint density at radius 2 is 1.24 bits per heavy atom. The van der Waals surface area contributed by atoms with Gasteiger partial charge in [-0.2, -0.15) is 4.31 Å². The maximum absolute atomic E-state index is 13.9. The van der Waals surface area contributed by atoms with Gasteiger partial charge in [0.25, 0.3) is 0 Å². The molecule has 0 radical (unpaired) electrons. The van der Waals surface area contributed by atoms with Crippen molar-refractivity contribution in [2.24, 2.45) is 0 Å². The molecule has 192 valence electrons. The lowest BCUT2D eigenvalue weighted by molar-refractivity contribution is 0.401. The van der Waals surface area contributed by atoms with E-state index in [9.17, 15) is 8.42 Å². The average molecular weight is 541 g/mol. The lowest BCUT2D eigenvalue weighted by Gasteiger charge is -2.23. The molecule has 5 rings (SSSR count). The van der Waals surface area contributed by atoms with Gasteiger partial charge in [-0.15, -0.1) is 10.2 Å². The molecule has 0 unspecified atom stereocenters. The normalized spacial score (nSPS) is 11.6. The third kappa shape index (κ3) is 5.72. The van der Waals surface area contributed by atoms with E-state index >= 15 is 0 Å². The molecule has 1 aromatic heterocycles. The molecule has 1 heterocycles. The molecule has 0 N–H and O–H groups in total. The summed E-state index contributed by atoms with van der Waals surface area (Å²) in [5, 5.41) is 9.65. The standard InChI is InChI=1S/C30H28N4O2S2/c1-2-37-30-32-31-29(34(30)27-16-10-5-11-17-27)26-18-20-28(21-19-26)38(35,36)33(22-24-12-6-3-7-13-24)23-25-14-8-4-9-15-25/h3-21H,2,22-23H2,1H3. The van der Waals surface area contributed by atoms with Gasteiger partial charge < -0.3 is 0 Å². The van der Waals surface area contributed by atoms with Crippen LogP contribution in [-0.2, 0) is 23.1 Å². The van der Waals surface area contributed by atoms with Gasteiger partial charge in [0.2, 0.25) is 10.0 Å². The van der Waals surface area contributed by atoms with Crippen molar-refractivity contribution in [3.8, 4) is 17.1 Å². The smallest absolute Gasteiger partial charge is 0.243 e. The quantitative estimate of drug-likeness (QED) is 0.191. The van der Waals surface area contributed by atoms with Crippen LogP contribution in [0.15, 0.2) is 125 Å². The molecular weight excluding hydrogens is 512 g/mol. The van der Waals surface area contributed by atoms with Gasteiger partial charge in [-0.3, -0.25) is 4.57 Å². The lowest BCUT2D eigenvalue weighted by Crippen LogP contribution is -2.30. The fourth-order valence-corrected chi connectivity index (χ4v) is 6.31. The van der Waals surface area contributed by atoms with E-state index < -0.39 is 10.0 Å². The van der Waals surface area contributed by atoms with Crippen LogP contribution < -0.4 is 0 Å². The summed E-state index contributed by atoms with van der Waals surface area (Å²) < 4.78 is 31.2. The Hall–Kier alpha value is -3.72. The molecule has 0 aliphatic carbocycles. The number of thioether (sulfide) groups is 1. The summed E-state index contributed by atoms with van der Waals surface area (Å²) in [4.78, 5) is 0.238. The van der Waals surface area contributed by atoms with Crippen LogP contribution in [0.3, 0.4) is 0 Å². The highest BCUT2D eigenvalue weighted by molar-refractivity contribution is 7.99. The Balaban J connectivity index is 1.49. The van der Waals surface area contributed by atoms with Gasteiger partial charge in [0.05, 0.1) is 4.90 Å². The Labute approximate surface area is 228 Å². The predicted octanol–water partition coefficient (Wildman–Crippen LogP) is 6.44. The first-order chi connectivity index (χ1) is 18.6. The Morgan fingerprint density at radius 1 is 0.711 bits per heavy atom. The first kappa shape index (κ1) is 25.9. The fraction of sp³-hybridized carbons (Fsp3) is 0.133. The highest BCUT2D eigenvalue weighted by Gasteiger charge is 2.25. The van der Waals surface area contributed by atoms with E-state index in [0.29, 0.717) is 5.82 Å². The van der Waals surface area contributed by atoms with E-state index in [1.807, 2.05) is 95.6 Å². The molecule has 6 nitrogen and oxygen atoms in total. The first-order valence-corrected chi connectivity index (χ1v) is 14.8. The molecule has 0 atom stereocenters. The van der Waals surface area contributed by atoms with Gasteiger partial charge in [0.1, 0.15) is 0 Å². The van der Waals surface area contributed by atoms with E-state index in [2.05, 4.69) is 17.1 Å². The third-order valence-corrected chi connectivity index (χ3v) is 8.69. The molecule has 0 spiro atoms. The molecule has 8 heteroatoms. The van der Waals surface area contributed by atoms with Crippen LogP contribution in [0, 0.1) is 0 Å². The number of rotatable bonds is 10. The van der Waals surface area contributed by atoms with Crippen molar-refractivity contribution in [2.75, 3.05) is 5.75 Å². The SMILES string of the molecule is CCSc1nnc(-c2ccc(S(=O)(=O)N(Cc3ccccc3)Cc3ccccc3)cc2)n1-c1ccccc1. The minimum atomic E-state index is -3.78. The Morgan fingerprint density at radius 3 is 1.76 bits per heavy atom. The van der Waals surface area contributed by atoms with Crippen LogP contribution in [0.5, 0.6) is 0 Å². The van der Waals surface area contributed by atoms with Crippen LogP contribution in [0.2, 0.25) is 0 Å². The van der Waals surface area contributed by atoms with Crippen LogP contribution in [0.25, 0.3) is 17.1 Å². The molecule has 4 aromatic carbocycles. The molecular formula is C30H28N4O2S2. The molecule has 0 bridgehead atoms. The summed E-state index contributed by atoms with van der Waals surface area (Å²) in [5.74, 6) is 1.53. The third-order valence-electron chi connectivity index (χ3n) is 6.07. The van der Waals surface area contributed by atoms with Crippen molar-refractivity contribution in [3.05, 3.63) is 126 Å². The zero-order valence-electron chi connectivity index (χ0n) is 21.0. The van der Waals surface area contributed by atoms with Crippen molar-refractivity contribution in [2.45, 2.75) is 30.1 Å². The summed E-state index contributed by atoms with van der Waals surface area (Å²) >= 11 is 1.61. The zero-order chi connectivity index (χ0) is 26.4. The van der Waals surface area contributed by atoms with Crippen molar-refractivity contribution < 1.29 is 8.42 Å². The number of hydrogen-bond acceptors (Lipinski definition) is 5. The number of para-hydroxylation sites is 1. The molecule has 0 aliphatic heterocycles. The molecule has 0 saturated carbocycles. The molecule has 5 aromatic rings. The van der Waals surface area contributed by atoms with Crippen molar-refractivity contribution in [3.63, 3.8) is 0 Å². The second kappa shape index (κ2) is 11.8. The Kier molecular flexibility index (Phi) is 8.03. The van der Waals surface area contributed by atoms with Crippen LogP contribution >= 0.6 is 11.8 Å². The van der Waals surface area contributed by atoms with Crippen LogP contribution in [0.1, 0.15) is 18.1 Å². The van der Waals surface area contributed by atoms with E-state index in [-0.39, 0.29) is 18.0 Å². The minimum Gasteiger partial charge on any atom is -0.270 e. The molecule has 0 amide bonds. The van der Waals surface area contributed by atoms with Crippen molar-refractivity contribution >= 4 is 21.8 Å². The molecule has 0 aliphatic rings. The average Bonchev–Trinajstić information content (AvgIpc) is 3.38. The van der Waals surface area contributed by atoms with Gasteiger partial charge >= 0.3 is 0 Å².